The van der Waals surface area contributed by atoms with E-state index in [0.29, 0.717) is 31.6 Å². The zero-order valence-corrected chi connectivity index (χ0v) is 16.4. The SMILES string of the molecule is CCCC(=O)N1CCCC(C(=O)Nc2cccc(S(=O)(=O)NCCN)c2)C1. The first-order valence-electron chi connectivity index (χ1n) is 9.25. The van der Waals surface area contributed by atoms with Crippen LogP contribution in [0.25, 0.3) is 0 Å². The highest BCUT2D eigenvalue weighted by molar-refractivity contribution is 7.89. The number of nitrogens with two attached hydrogens (primary N) is 1. The van der Waals surface area contributed by atoms with Gasteiger partial charge in [0.05, 0.1) is 10.8 Å². The minimum absolute atomic E-state index is 0.0668. The third-order valence-electron chi connectivity index (χ3n) is 4.46. The molecule has 0 saturated carbocycles. The first kappa shape index (κ1) is 21.3. The Labute approximate surface area is 160 Å². The Hall–Kier alpha value is -1.97. The molecule has 0 aromatic heterocycles. The molecule has 1 aromatic rings. The number of anilines is 1. The van der Waals surface area contributed by atoms with Crippen LogP contribution in [0, 0.1) is 5.92 Å². The van der Waals surface area contributed by atoms with Gasteiger partial charge in [-0.3, -0.25) is 9.59 Å². The molecule has 1 unspecified atom stereocenters. The van der Waals surface area contributed by atoms with Crippen molar-refractivity contribution in [3.63, 3.8) is 0 Å². The lowest BCUT2D eigenvalue weighted by atomic mass is 9.96. The molecule has 8 nitrogen and oxygen atoms in total. The second-order valence-corrected chi connectivity index (χ2v) is 8.40. The maximum absolute atomic E-state index is 12.6. The van der Waals surface area contributed by atoms with Crippen molar-refractivity contribution >= 4 is 27.5 Å². The van der Waals surface area contributed by atoms with Crippen LogP contribution in [-0.2, 0) is 19.6 Å². The summed E-state index contributed by atoms with van der Waals surface area (Å²) in [5.41, 5.74) is 5.74. The molecule has 0 bridgehead atoms. The van der Waals surface area contributed by atoms with Gasteiger partial charge in [-0.05, 0) is 37.5 Å². The van der Waals surface area contributed by atoms with Gasteiger partial charge in [0.1, 0.15) is 0 Å². The standard InChI is InChI=1S/C18H28N4O4S/c1-2-5-17(23)22-11-4-6-14(13-22)18(24)21-15-7-3-8-16(12-15)27(25,26)20-10-9-19/h3,7-8,12,14,20H,2,4-6,9-11,13,19H2,1H3,(H,21,24). The summed E-state index contributed by atoms with van der Waals surface area (Å²) >= 11 is 0. The number of likely N-dealkylation sites (tertiary alicyclic amines) is 1. The van der Waals surface area contributed by atoms with Crippen molar-refractivity contribution < 1.29 is 18.0 Å². The zero-order chi connectivity index (χ0) is 19.9. The van der Waals surface area contributed by atoms with Crippen LogP contribution in [-0.4, -0.2) is 51.3 Å². The third-order valence-corrected chi connectivity index (χ3v) is 5.92. The number of hydrogen-bond acceptors (Lipinski definition) is 5. The van der Waals surface area contributed by atoms with Gasteiger partial charge < -0.3 is 16.0 Å². The van der Waals surface area contributed by atoms with Crippen LogP contribution in [0.4, 0.5) is 5.69 Å². The van der Waals surface area contributed by atoms with Crippen molar-refractivity contribution in [1.29, 1.82) is 0 Å². The van der Waals surface area contributed by atoms with Crippen LogP contribution < -0.4 is 15.8 Å². The summed E-state index contributed by atoms with van der Waals surface area (Å²) in [7, 11) is -3.67. The molecular formula is C18H28N4O4S. The molecule has 2 amide bonds. The average molecular weight is 397 g/mol. The summed E-state index contributed by atoms with van der Waals surface area (Å²) in [5.74, 6) is -0.419. The van der Waals surface area contributed by atoms with E-state index in [1.54, 1.807) is 17.0 Å². The van der Waals surface area contributed by atoms with Crippen LogP contribution in [0.3, 0.4) is 0 Å². The van der Waals surface area contributed by atoms with Crippen LogP contribution in [0.2, 0.25) is 0 Å². The minimum Gasteiger partial charge on any atom is -0.342 e. The van der Waals surface area contributed by atoms with Crippen LogP contribution in [0.1, 0.15) is 32.6 Å². The highest BCUT2D eigenvalue weighted by Crippen LogP contribution is 2.21. The Kier molecular flexibility index (Phi) is 7.76. The highest BCUT2D eigenvalue weighted by Gasteiger charge is 2.28. The van der Waals surface area contributed by atoms with E-state index in [0.717, 1.165) is 12.8 Å². The molecule has 4 N–H and O–H groups in total. The van der Waals surface area contributed by atoms with E-state index in [-0.39, 0.29) is 35.7 Å². The molecule has 2 rings (SSSR count). The molecule has 27 heavy (non-hydrogen) atoms. The fourth-order valence-corrected chi connectivity index (χ4v) is 4.14. The minimum atomic E-state index is -3.67. The Morgan fingerprint density at radius 2 is 2.11 bits per heavy atom. The van der Waals surface area contributed by atoms with Crippen molar-refractivity contribution in [3.05, 3.63) is 24.3 Å². The number of carbonyl (C=O) groups is 2. The topological polar surface area (TPSA) is 122 Å². The first-order chi connectivity index (χ1) is 12.9. The van der Waals surface area contributed by atoms with E-state index in [4.69, 9.17) is 5.73 Å². The van der Waals surface area contributed by atoms with E-state index in [1.807, 2.05) is 6.92 Å². The van der Waals surface area contributed by atoms with Gasteiger partial charge >= 0.3 is 0 Å². The van der Waals surface area contributed by atoms with Gasteiger partial charge in [-0.1, -0.05) is 13.0 Å². The van der Waals surface area contributed by atoms with Crippen LogP contribution in [0.5, 0.6) is 0 Å². The van der Waals surface area contributed by atoms with E-state index < -0.39 is 10.0 Å². The Morgan fingerprint density at radius 3 is 2.81 bits per heavy atom. The van der Waals surface area contributed by atoms with Gasteiger partial charge in [-0.2, -0.15) is 0 Å². The number of amides is 2. The zero-order valence-electron chi connectivity index (χ0n) is 15.6. The Morgan fingerprint density at radius 1 is 1.33 bits per heavy atom. The van der Waals surface area contributed by atoms with E-state index in [1.165, 1.54) is 12.1 Å². The molecule has 1 atom stereocenters. The molecule has 1 aliphatic heterocycles. The number of benzene rings is 1. The summed E-state index contributed by atoms with van der Waals surface area (Å²) in [6.45, 7) is 3.38. The second-order valence-electron chi connectivity index (χ2n) is 6.63. The normalized spacial score (nSPS) is 17.6. The largest absolute Gasteiger partial charge is 0.342 e. The third kappa shape index (κ3) is 6.02. The molecule has 0 aliphatic carbocycles. The van der Waals surface area contributed by atoms with Crippen molar-refractivity contribution in [3.8, 4) is 0 Å². The lowest BCUT2D eigenvalue weighted by Gasteiger charge is -2.32. The summed E-state index contributed by atoms with van der Waals surface area (Å²) in [6, 6.07) is 6.09. The number of nitrogens with zero attached hydrogens (tertiary/aromatic N) is 1. The number of nitrogens with one attached hydrogen (secondary N) is 2. The number of piperidine rings is 1. The molecular weight excluding hydrogens is 368 g/mol. The molecule has 150 valence electrons. The molecule has 1 fully saturated rings. The van der Waals surface area contributed by atoms with Crippen LogP contribution >= 0.6 is 0 Å². The number of sulfonamides is 1. The Bertz CT molecular complexity index is 766. The van der Waals surface area contributed by atoms with Gasteiger partial charge in [-0.25, -0.2) is 13.1 Å². The van der Waals surface area contributed by atoms with Gasteiger partial charge in [0.2, 0.25) is 21.8 Å². The average Bonchev–Trinajstić information content (AvgIpc) is 2.67. The smallest absolute Gasteiger partial charge is 0.240 e. The molecule has 1 aliphatic rings. The molecule has 1 heterocycles. The molecule has 0 radical (unpaired) electrons. The predicted molar refractivity (Wildman–Crippen MR) is 104 cm³/mol. The molecule has 0 spiro atoms. The summed E-state index contributed by atoms with van der Waals surface area (Å²) in [5, 5.41) is 2.78. The fourth-order valence-electron chi connectivity index (χ4n) is 3.05. The second kappa shape index (κ2) is 9.82. The van der Waals surface area contributed by atoms with Crippen molar-refractivity contribution in [1.82, 2.24) is 9.62 Å². The lowest BCUT2D eigenvalue weighted by Crippen LogP contribution is -2.43. The number of carbonyl (C=O) groups excluding carboxylic acids is 2. The van der Waals surface area contributed by atoms with E-state index in [2.05, 4.69) is 10.0 Å². The summed E-state index contributed by atoms with van der Waals surface area (Å²) in [4.78, 5) is 26.5. The monoisotopic (exact) mass is 396 g/mol. The molecule has 9 heteroatoms. The summed E-state index contributed by atoms with van der Waals surface area (Å²) < 4.78 is 26.8. The Balaban J connectivity index is 2.03. The van der Waals surface area contributed by atoms with Gasteiger partial charge in [0, 0.05) is 38.3 Å². The number of hydrogen-bond donors (Lipinski definition) is 3. The quantitative estimate of drug-likeness (QED) is 0.603. The van der Waals surface area contributed by atoms with Crippen molar-refractivity contribution in [2.45, 2.75) is 37.5 Å². The highest BCUT2D eigenvalue weighted by atomic mass is 32.2. The molecule has 1 saturated heterocycles. The van der Waals surface area contributed by atoms with E-state index >= 15 is 0 Å². The summed E-state index contributed by atoms with van der Waals surface area (Å²) in [6.07, 6.45) is 2.76. The van der Waals surface area contributed by atoms with Gasteiger partial charge in [0.15, 0.2) is 0 Å². The maximum Gasteiger partial charge on any atom is 0.240 e. The van der Waals surface area contributed by atoms with Crippen molar-refractivity contribution in [2.75, 3.05) is 31.5 Å². The first-order valence-corrected chi connectivity index (χ1v) is 10.7. The van der Waals surface area contributed by atoms with Gasteiger partial charge in [-0.15, -0.1) is 0 Å². The van der Waals surface area contributed by atoms with Gasteiger partial charge in [0.25, 0.3) is 0 Å². The lowest BCUT2D eigenvalue weighted by molar-refractivity contribution is -0.134. The maximum atomic E-state index is 12.6. The van der Waals surface area contributed by atoms with Crippen LogP contribution in [0.15, 0.2) is 29.2 Å². The van der Waals surface area contributed by atoms with E-state index in [9.17, 15) is 18.0 Å². The predicted octanol–water partition coefficient (Wildman–Crippen LogP) is 0.901. The fraction of sp³-hybridized carbons (Fsp3) is 0.556. The number of rotatable bonds is 8. The molecule has 1 aromatic carbocycles. The van der Waals surface area contributed by atoms with Crippen molar-refractivity contribution in [2.24, 2.45) is 11.7 Å².